The molecule has 0 amide bonds. The van der Waals surface area contributed by atoms with E-state index >= 15 is 0 Å². The Morgan fingerprint density at radius 2 is 1.04 bits per heavy atom. The maximum atomic E-state index is 5.57. The van der Waals surface area contributed by atoms with Gasteiger partial charge in [-0.25, -0.2) is 0 Å². The van der Waals surface area contributed by atoms with Crippen molar-refractivity contribution in [1.82, 2.24) is 0 Å². The molecule has 0 bridgehead atoms. The largest absolute Gasteiger partial charge is 0.465 e. The quantitative estimate of drug-likeness (QED) is 0.212. The highest BCUT2D eigenvalue weighted by molar-refractivity contribution is 5.44. The first-order valence-corrected chi connectivity index (χ1v) is 10.1. The van der Waals surface area contributed by atoms with Gasteiger partial charge in [0.05, 0.1) is 23.9 Å². The SMILES string of the molecule is CCCCC=COc1ccc(N=Nc2ccc(OC=CCCCC)cc2)cc1. The summed E-state index contributed by atoms with van der Waals surface area (Å²) < 4.78 is 11.1. The Labute approximate surface area is 168 Å². The van der Waals surface area contributed by atoms with E-state index in [1.165, 1.54) is 25.7 Å². The lowest BCUT2D eigenvalue weighted by Gasteiger charge is -2.01. The predicted octanol–water partition coefficient (Wildman–Crippen LogP) is 8.27. The fourth-order valence-electron chi connectivity index (χ4n) is 2.33. The van der Waals surface area contributed by atoms with Crippen LogP contribution in [0, 0.1) is 0 Å². The lowest BCUT2D eigenvalue weighted by molar-refractivity contribution is 0.478. The van der Waals surface area contributed by atoms with Gasteiger partial charge in [0.15, 0.2) is 0 Å². The summed E-state index contributed by atoms with van der Waals surface area (Å²) in [6.07, 6.45) is 14.4. The number of benzene rings is 2. The van der Waals surface area contributed by atoms with Gasteiger partial charge in [-0.15, -0.1) is 0 Å². The maximum absolute atomic E-state index is 5.57. The molecular formula is C24H30N2O2. The average molecular weight is 379 g/mol. The Morgan fingerprint density at radius 1 is 0.643 bits per heavy atom. The Morgan fingerprint density at radius 3 is 1.39 bits per heavy atom. The van der Waals surface area contributed by atoms with E-state index in [9.17, 15) is 0 Å². The van der Waals surface area contributed by atoms with Crippen molar-refractivity contribution in [2.24, 2.45) is 10.2 Å². The summed E-state index contributed by atoms with van der Waals surface area (Å²) in [5.74, 6) is 1.58. The number of hydrogen-bond acceptors (Lipinski definition) is 4. The summed E-state index contributed by atoms with van der Waals surface area (Å²) in [5.41, 5.74) is 1.56. The summed E-state index contributed by atoms with van der Waals surface area (Å²) in [4.78, 5) is 0. The monoisotopic (exact) mass is 378 g/mol. The highest BCUT2D eigenvalue weighted by atomic mass is 16.5. The molecule has 0 atom stereocenters. The summed E-state index contributed by atoms with van der Waals surface area (Å²) in [6.45, 7) is 4.36. The number of nitrogens with zero attached hydrogens (tertiary/aromatic N) is 2. The molecule has 148 valence electrons. The second-order valence-electron chi connectivity index (χ2n) is 6.45. The van der Waals surface area contributed by atoms with Crippen molar-refractivity contribution in [3.8, 4) is 11.5 Å². The minimum absolute atomic E-state index is 0.779. The van der Waals surface area contributed by atoms with Gasteiger partial charge >= 0.3 is 0 Å². The summed E-state index contributed by atoms with van der Waals surface area (Å²) in [5, 5.41) is 8.52. The van der Waals surface area contributed by atoms with Crippen LogP contribution in [0.1, 0.15) is 52.4 Å². The number of azo groups is 1. The Balaban J connectivity index is 1.81. The van der Waals surface area contributed by atoms with Gasteiger partial charge in [-0.05, 0) is 86.4 Å². The zero-order chi connectivity index (χ0) is 19.9. The molecule has 0 saturated heterocycles. The maximum Gasteiger partial charge on any atom is 0.126 e. The van der Waals surface area contributed by atoms with Gasteiger partial charge in [0.2, 0.25) is 0 Å². The number of ether oxygens (including phenoxy) is 2. The van der Waals surface area contributed by atoms with Gasteiger partial charge in [-0.2, -0.15) is 10.2 Å². The molecule has 4 heteroatoms. The van der Waals surface area contributed by atoms with Gasteiger partial charge in [-0.3, -0.25) is 0 Å². The molecule has 2 aromatic carbocycles. The molecule has 0 spiro atoms. The van der Waals surface area contributed by atoms with Crippen LogP contribution < -0.4 is 9.47 Å². The number of allylic oxidation sites excluding steroid dienone is 2. The van der Waals surface area contributed by atoms with Gasteiger partial charge in [0.1, 0.15) is 11.5 Å². The Bertz CT molecular complexity index is 682. The second-order valence-corrected chi connectivity index (χ2v) is 6.45. The molecule has 0 fully saturated rings. The smallest absolute Gasteiger partial charge is 0.126 e. The molecule has 0 aliphatic carbocycles. The van der Waals surface area contributed by atoms with Crippen LogP contribution in [0.15, 0.2) is 83.4 Å². The van der Waals surface area contributed by atoms with Crippen LogP contribution in [0.3, 0.4) is 0 Å². The van der Waals surface area contributed by atoms with Crippen LogP contribution in [0.25, 0.3) is 0 Å². The number of rotatable bonds is 12. The molecular weight excluding hydrogens is 348 g/mol. The summed E-state index contributed by atoms with van der Waals surface area (Å²) in [7, 11) is 0. The standard InChI is InChI=1S/C24H30N2O2/c1-3-5-7-9-19-27-23-15-11-21(12-16-23)25-26-22-13-17-24(18-14-22)28-20-10-8-6-4-2/h9-20H,3-8H2,1-2H3. The lowest BCUT2D eigenvalue weighted by atomic mass is 10.2. The lowest BCUT2D eigenvalue weighted by Crippen LogP contribution is -1.81. The van der Waals surface area contributed by atoms with E-state index < -0.39 is 0 Å². The molecule has 2 rings (SSSR count). The van der Waals surface area contributed by atoms with E-state index in [2.05, 4.69) is 24.1 Å². The van der Waals surface area contributed by atoms with Crippen molar-refractivity contribution in [2.45, 2.75) is 52.4 Å². The van der Waals surface area contributed by atoms with E-state index in [0.717, 1.165) is 35.7 Å². The summed E-state index contributed by atoms with van der Waals surface area (Å²) >= 11 is 0. The Hall–Kier alpha value is -2.88. The highest BCUT2D eigenvalue weighted by Crippen LogP contribution is 2.23. The third-order valence-corrected chi connectivity index (χ3v) is 4.00. The Kier molecular flexibility index (Phi) is 10.2. The van der Waals surface area contributed by atoms with E-state index in [1.54, 1.807) is 12.5 Å². The molecule has 0 N–H and O–H groups in total. The topological polar surface area (TPSA) is 43.2 Å². The average Bonchev–Trinajstić information content (AvgIpc) is 2.74. The van der Waals surface area contributed by atoms with E-state index in [-0.39, 0.29) is 0 Å². The molecule has 4 nitrogen and oxygen atoms in total. The molecule has 28 heavy (non-hydrogen) atoms. The number of hydrogen-bond donors (Lipinski definition) is 0. The fraction of sp³-hybridized carbons (Fsp3) is 0.333. The van der Waals surface area contributed by atoms with Crippen LogP contribution in [0.4, 0.5) is 11.4 Å². The first-order valence-electron chi connectivity index (χ1n) is 10.1. The molecule has 0 aliphatic heterocycles. The molecule has 0 unspecified atom stereocenters. The van der Waals surface area contributed by atoms with Crippen LogP contribution >= 0.6 is 0 Å². The first-order chi connectivity index (χ1) is 13.8. The molecule has 0 saturated carbocycles. The van der Waals surface area contributed by atoms with Crippen LogP contribution in [0.5, 0.6) is 11.5 Å². The summed E-state index contributed by atoms with van der Waals surface area (Å²) in [6, 6.07) is 15.1. The third-order valence-electron chi connectivity index (χ3n) is 4.00. The zero-order valence-electron chi connectivity index (χ0n) is 16.9. The van der Waals surface area contributed by atoms with Crippen LogP contribution in [0.2, 0.25) is 0 Å². The third kappa shape index (κ3) is 8.67. The van der Waals surface area contributed by atoms with E-state index in [0.29, 0.717) is 0 Å². The van der Waals surface area contributed by atoms with Crippen molar-refractivity contribution >= 4 is 11.4 Å². The van der Waals surface area contributed by atoms with Crippen molar-refractivity contribution in [3.05, 3.63) is 73.2 Å². The predicted molar refractivity (Wildman–Crippen MR) is 116 cm³/mol. The minimum atomic E-state index is 0.779. The van der Waals surface area contributed by atoms with Crippen molar-refractivity contribution in [3.63, 3.8) is 0 Å². The number of unbranched alkanes of at least 4 members (excludes halogenated alkanes) is 4. The molecule has 2 aromatic rings. The normalized spacial score (nSPS) is 11.6. The van der Waals surface area contributed by atoms with Gasteiger partial charge in [0, 0.05) is 0 Å². The van der Waals surface area contributed by atoms with Crippen molar-refractivity contribution in [2.75, 3.05) is 0 Å². The molecule has 0 radical (unpaired) electrons. The van der Waals surface area contributed by atoms with Crippen molar-refractivity contribution < 1.29 is 9.47 Å². The van der Waals surface area contributed by atoms with Crippen LogP contribution in [-0.4, -0.2) is 0 Å². The molecule has 0 heterocycles. The minimum Gasteiger partial charge on any atom is -0.465 e. The zero-order valence-corrected chi connectivity index (χ0v) is 16.9. The second kappa shape index (κ2) is 13.3. The van der Waals surface area contributed by atoms with Gasteiger partial charge in [-0.1, -0.05) is 26.7 Å². The van der Waals surface area contributed by atoms with E-state index in [4.69, 9.17) is 9.47 Å². The van der Waals surface area contributed by atoms with Crippen molar-refractivity contribution in [1.29, 1.82) is 0 Å². The first kappa shape index (κ1) is 21.4. The molecule has 0 aromatic heterocycles. The fourth-order valence-corrected chi connectivity index (χ4v) is 2.33. The van der Waals surface area contributed by atoms with Gasteiger partial charge in [0.25, 0.3) is 0 Å². The van der Waals surface area contributed by atoms with Crippen LogP contribution in [-0.2, 0) is 0 Å². The van der Waals surface area contributed by atoms with Gasteiger partial charge < -0.3 is 9.47 Å². The molecule has 0 aliphatic rings. The highest BCUT2D eigenvalue weighted by Gasteiger charge is 1.95. The van der Waals surface area contributed by atoms with E-state index in [1.807, 2.05) is 60.7 Å².